The Labute approximate surface area is 224 Å². The van der Waals surface area contributed by atoms with Gasteiger partial charge in [0.1, 0.15) is 10.7 Å². The third kappa shape index (κ3) is 6.69. The molecule has 0 unspecified atom stereocenters. The van der Waals surface area contributed by atoms with E-state index in [0.29, 0.717) is 37.0 Å². The summed E-state index contributed by atoms with van der Waals surface area (Å²) in [5.41, 5.74) is 1.74. The number of carbonyl (C=O) groups is 1. The fraction of sp³-hybridized carbons (Fsp3) is 0.321. The Morgan fingerprint density at radius 1 is 0.972 bits per heavy atom. The van der Waals surface area contributed by atoms with Crippen LogP contribution in [-0.4, -0.2) is 59.0 Å². The van der Waals surface area contributed by atoms with Crippen LogP contribution in [0.4, 0.5) is 0 Å². The third-order valence-electron chi connectivity index (χ3n) is 6.09. The highest BCUT2D eigenvalue weighted by Gasteiger charge is 2.17. The van der Waals surface area contributed by atoms with Crippen molar-refractivity contribution in [3.63, 3.8) is 0 Å². The lowest BCUT2D eigenvalue weighted by Crippen LogP contribution is -2.35. The lowest BCUT2D eigenvalue weighted by atomic mass is 10.1. The average Bonchev–Trinajstić information content (AvgIpc) is 3.35. The van der Waals surface area contributed by atoms with Gasteiger partial charge in [0, 0.05) is 29.5 Å². The number of nitrogens with zero attached hydrogens (tertiary/aromatic N) is 4. The number of rotatable bonds is 11. The van der Waals surface area contributed by atoms with Gasteiger partial charge in [-0.15, -0.1) is 11.3 Å². The number of aryl methyl sites for hydroxylation is 1. The summed E-state index contributed by atoms with van der Waals surface area (Å²) in [6, 6.07) is 19.3. The molecule has 0 fully saturated rings. The second-order valence-electron chi connectivity index (χ2n) is 9.10. The van der Waals surface area contributed by atoms with Gasteiger partial charge in [-0.2, -0.15) is 0 Å². The van der Waals surface area contributed by atoms with E-state index in [-0.39, 0.29) is 11.5 Å². The van der Waals surface area contributed by atoms with Crippen molar-refractivity contribution < 1.29 is 4.79 Å². The lowest BCUT2D eigenvalue weighted by Gasteiger charge is -2.24. The Bertz CT molecular complexity index is 1350. The summed E-state index contributed by atoms with van der Waals surface area (Å²) in [5, 5.41) is 2.58. The zero-order valence-corrected chi connectivity index (χ0v) is 23.1. The summed E-state index contributed by atoms with van der Waals surface area (Å²) in [6.45, 7) is 2.68. The van der Waals surface area contributed by atoms with Gasteiger partial charge in [0.25, 0.3) is 11.5 Å². The molecule has 188 valence electrons. The van der Waals surface area contributed by atoms with Crippen LogP contribution in [0, 0.1) is 0 Å². The predicted octanol–water partition coefficient (Wildman–Crippen LogP) is 5.30. The number of hydrogen-bond donors (Lipinski definition) is 0. The van der Waals surface area contributed by atoms with Gasteiger partial charge in [0.15, 0.2) is 0 Å². The maximum absolute atomic E-state index is 13.3. The van der Waals surface area contributed by atoms with Crippen LogP contribution in [0.1, 0.15) is 34.6 Å². The third-order valence-corrected chi connectivity index (χ3v) is 7.42. The molecule has 8 heteroatoms. The normalized spacial score (nSPS) is 11.3. The van der Waals surface area contributed by atoms with Crippen LogP contribution >= 0.6 is 27.3 Å². The van der Waals surface area contributed by atoms with Crippen LogP contribution in [0.3, 0.4) is 0 Å². The molecule has 0 bridgehead atoms. The monoisotopic (exact) mass is 566 g/mol. The van der Waals surface area contributed by atoms with Crippen LogP contribution in [-0.2, 0) is 13.0 Å². The van der Waals surface area contributed by atoms with Gasteiger partial charge in [-0.3, -0.25) is 14.2 Å². The minimum Gasteiger partial charge on any atom is -0.339 e. The molecule has 6 nitrogen and oxygen atoms in total. The van der Waals surface area contributed by atoms with E-state index in [1.165, 1.54) is 11.3 Å². The van der Waals surface area contributed by atoms with Gasteiger partial charge in [0.2, 0.25) is 0 Å². The van der Waals surface area contributed by atoms with Crippen LogP contribution in [0.25, 0.3) is 10.2 Å². The van der Waals surface area contributed by atoms with E-state index < -0.39 is 0 Å². The number of aromatic nitrogens is 2. The number of amides is 1. The van der Waals surface area contributed by atoms with E-state index in [1.54, 1.807) is 4.57 Å². The molecule has 0 saturated carbocycles. The molecule has 0 saturated heterocycles. The molecule has 0 aliphatic carbocycles. The molecule has 2 heterocycles. The molecule has 36 heavy (non-hydrogen) atoms. The number of halogens is 1. The quantitative estimate of drug-likeness (QED) is 0.247. The number of fused-ring (bicyclic) bond motifs is 1. The molecule has 0 aliphatic heterocycles. The molecule has 0 N–H and O–H groups in total. The highest BCUT2D eigenvalue weighted by molar-refractivity contribution is 9.10. The van der Waals surface area contributed by atoms with E-state index >= 15 is 0 Å². The Hall–Kier alpha value is -2.81. The zero-order valence-electron chi connectivity index (χ0n) is 20.7. The van der Waals surface area contributed by atoms with Gasteiger partial charge in [-0.05, 0) is 74.8 Å². The average molecular weight is 568 g/mol. The summed E-state index contributed by atoms with van der Waals surface area (Å²) in [7, 11) is 4.08. The van der Waals surface area contributed by atoms with E-state index in [0.717, 1.165) is 40.1 Å². The van der Waals surface area contributed by atoms with Crippen molar-refractivity contribution in [1.82, 2.24) is 19.4 Å². The summed E-state index contributed by atoms with van der Waals surface area (Å²) in [6.07, 6.45) is 2.24. The predicted molar refractivity (Wildman–Crippen MR) is 151 cm³/mol. The summed E-state index contributed by atoms with van der Waals surface area (Å²) >= 11 is 4.93. The summed E-state index contributed by atoms with van der Waals surface area (Å²) in [5.74, 6) is 0.799. The van der Waals surface area contributed by atoms with Gasteiger partial charge in [0.05, 0.1) is 11.9 Å². The van der Waals surface area contributed by atoms with Crippen molar-refractivity contribution in [2.75, 3.05) is 33.7 Å². The van der Waals surface area contributed by atoms with Crippen LogP contribution in [0.5, 0.6) is 0 Å². The highest BCUT2D eigenvalue weighted by Crippen LogP contribution is 2.18. The van der Waals surface area contributed by atoms with Crippen molar-refractivity contribution >= 4 is 43.4 Å². The Balaban J connectivity index is 1.53. The zero-order chi connectivity index (χ0) is 25.5. The summed E-state index contributed by atoms with van der Waals surface area (Å²) < 4.78 is 2.74. The van der Waals surface area contributed by atoms with Gasteiger partial charge >= 0.3 is 0 Å². The first-order valence-electron chi connectivity index (χ1n) is 12.1. The number of carbonyl (C=O) groups excluding carboxylic acids is 1. The molecule has 2 aromatic heterocycles. The lowest BCUT2D eigenvalue weighted by molar-refractivity contribution is 0.0748. The van der Waals surface area contributed by atoms with E-state index in [2.05, 4.69) is 20.8 Å². The molecule has 1 amide bonds. The van der Waals surface area contributed by atoms with Crippen molar-refractivity contribution in [1.29, 1.82) is 0 Å². The van der Waals surface area contributed by atoms with Crippen LogP contribution in [0.15, 0.2) is 75.3 Å². The first-order chi connectivity index (χ1) is 17.4. The smallest absolute Gasteiger partial charge is 0.262 e. The second kappa shape index (κ2) is 12.4. The standard InChI is InChI=1S/C28H31BrN4O2S/c1-31(2)16-7-18-32(27(34)22-11-13-23(29)14-12-22)17-6-10-25-30-26-24(15-19-36-26)28(35)33(25)20-21-8-4-3-5-9-21/h3-5,8-9,11-15,19H,6-7,10,16-18,20H2,1-2H3. The van der Waals surface area contributed by atoms with Gasteiger partial charge in [-0.25, -0.2) is 4.98 Å². The highest BCUT2D eigenvalue weighted by atomic mass is 79.9. The molecule has 4 aromatic rings. The summed E-state index contributed by atoms with van der Waals surface area (Å²) in [4.78, 5) is 36.3. The first-order valence-corrected chi connectivity index (χ1v) is 13.8. The molecule has 0 aliphatic rings. The van der Waals surface area contributed by atoms with E-state index in [4.69, 9.17) is 4.98 Å². The number of thiophene rings is 1. The number of hydrogen-bond acceptors (Lipinski definition) is 5. The Morgan fingerprint density at radius 3 is 2.42 bits per heavy atom. The molecule has 4 rings (SSSR count). The first kappa shape index (κ1) is 26.3. The fourth-order valence-electron chi connectivity index (χ4n) is 4.21. The van der Waals surface area contributed by atoms with Gasteiger partial charge in [-0.1, -0.05) is 46.3 Å². The van der Waals surface area contributed by atoms with Crippen molar-refractivity contribution in [2.45, 2.75) is 25.8 Å². The SMILES string of the molecule is CN(C)CCCN(CCCc1nc2sccc2c(=O)n1Cc1ccccc1)C(=O)c1ccc(Br)cc1. The van der Waals surface area contributed by atoms with Crippen LogP contribution < -0.4 is 5.56 Å². The van der Waals surface area contributed by atoms with Crippen LogP contribution in [0.2, 0.25) is 0 Å². The van der Waals surface area contributed by atoms with Gasteiger partial charge < -0.3 is 9.80 Å². The second-order valence-corrected chi connectivity index (χ2v) is 10.9. The Morgan fingerprint density at radius 2 is 1.69 bits per heavy atom. The van der Waals surface area contributed by atoms with Crippen molar-refractivity contribution in [3.8, 4) is 0 Å². The van der Waals surface area contributed by atoms with E-state index in [9.17, 15) is 9.59 Å². The number of benzene rings is 2. The van der Waals surface area contributed by atoms with Crippen molar-refractivity contribution in [2.24, 2.45) is 0 Å². The maximum Gasteiger partial charge on any atom is 0.262 e. The topological polar surface area (TPSA) is 58.4 Å². The molecule has 0 atom stereocenters. The fourth-order valence-corrected chi connectivity index (χ4v) is 5.24. The van der Waals surface area contributed by atoms with Crippen molar-refractivity contribution in [3.05, 3.63) is 97.8 Å². The molecule has 0 spiro atoms. The Kier molecular flexibility index (Phi) is 9.07. The maximum atomic E-state index is 13.3. The molecule has 0 radical (unpaired) electrons. The molecule has 2 aromatic carbocycles. The molecular formula is C28H31BrN4O2S. The largest absolute Gasteiger partial charge is 0.339 e. The minimum atomic E-state index is -0.00567. The van der Waals surface area contributed by atoms with E-state index in [1.807, 2.05) is 85.0 Å². The molecular weight excluding hydrogens is 536 g/mol. The minimum absolute atomic E-state index is 0.00567.